The Labute approximate surface area is 246 Å². The topological polar surface area (TPSA) is 114 Å². The lowest BCUT2D eigenvalue weighted by Crippen LogP contribution is -2.59. The summed E-state index contributed by atoms with van der Waals surface area (Å²) in [5.41, 5.74) is 4.44. The standard InChI is InChI=1S/C34H38N2O6/c1-22(41-20-23-12-4-3-5-13-23)30(31(37)38)36-32(39)34(2)19-11-10-18-29(34)35-33(40)42-21-28-26-16-8-6-14-24(26)25-15-7-9-17-27(25)28/h3-9,12-17,22,28-30H,10-11,18-21H2,1-2H3,(H,35,40)(H,36,39)(H,37,38)/t22-,29?,30+,34?/m1/s1. The maximum Gasteiger partial charge on any atom is 0.407 e. The first-order chi connectivity index (χ1) is 20.3. The molecule has 4 atom stereocenters. The van der Waals surface area contributed by atoms with Crippen LogP contribution in [0.4, 0.5) is 4.79 Å². The number of aliphatic carboxylic acids is 1. The van der Waals surface area contributed by atoms with E-state index in [4.69, 9.17) is 9.47 Å². The number of fused-ring (bicyclic) bond motifs is 3. The predicted molar refractivity (Wildman–Crippen MR) is 159 cm³/mol. The van der Waals surface area contributed by atoms with Crippen molar-refractivity contribution < 1.29 is 29.0 Å². The van der Waals surface area contributed by atoms with Gasteiger partial charge in [-0.05, 0) is 54.5 Å². The summed E-state index contributed by atoms with van der Waals surface area (Å²) >= 11 is 0. The molecule has 0 radical (unpaired) electrons. The monoisotopic (exact) mass is 570 g/mol. The molecule has 0 saturated heterocycles. The minimum absolute atomic E-state index is 0.0714. The highest BCUT2D eigenvalue weighted by atomic mass is 16.5. The molecule has 1 fully saturated rings. The Hall–Kier alpha value is -4.17. The number of amides is 2. The molecule has 3 aromatic rings. The molecular formula is C34H38N2O6. The second kappa shape index (κ2) is 12.8. The van der Waals surface area contributed by atoms with Gasteiger partial charge in [0.2, 0.25) is 5.91 Å². The number of carbonyl (C=O) groups is 3. The third kappa shape index (κ3) is 6.19. The van der Waals surface area contributed by atoms with Gasteiger partial charge in [0.05, 0.1) is 18.1 Å². The molecule has 1 saturated carbocycles. The fourth-order valence-electron chi connectivity index (χ4n) is 6.20. The van der Waals surface area contributed by atoms with E-state index in [9.17, 15) is 19.5 Å². The third-order valence-corrected chi connectivity index (χ3v) is 8.74. The largest absolute Gasteiger partial charge is 0.480 e. The van der Waals surface area contributed by atoms with Crippen molar-refractivity contribution in [2.24, 2.45) is 5.41 Å². The number of rotatable bonds is 10. The van der Waals surface area contributed by atoms with Crippen molar-refractivity contribution in [2.45, 2.75) is 70.2 Å². The summed E-state index contributed by atoms with van der Waals surface area (Å²) in [5.74, 6) is -1.67. The fourth-order valence-corrected chi connectivity index (χ4v) is 6.20. The van der Waals surface area contributed by atoms with Crippen LogP contribution < -0.4 is 10.6 Å². The summed E-state index contributed by atoms with van der Waals surface area (Å²) in [4.78, 5) is 38.8. The van der Waals surface area contributed by atoms with Gasteiger partial charge in [-0.3, -0.25) is 4.79 Å². The fraction of sp³-hybridized carbons (Fsp3) is 0.382. The Morgan fingerprint density at radius 1 is 0.929 bits per heavy atom. The van der Waals surface area contributed by atoms with Gasteiger partial charge >= 0.3 is 12.1 Å². The molecule has 0 bridgehead atoms. The van der Waals surface area contributed by atoms with Crippen LogP contribution in [-0.2, 0) is 25.7 Å². The smallest absolute Gasteiger partial charge is 0.407 e. The van der Waals surface area contributed by atoms with Gasteiger partial charge in [-0.25, -0.2) is 9.59 Å². The summed E-state index contributed by atoms with van der Waals surface area (Å²) in [7, 11) is 0. The van der Waals surface area contributed by atoms with E-state index in [1.165, 1.54) is 0 Å². The highest BCUT2D eigenvalue weighted by molar-refractivity contribution is 5.88. The SMILES string of the molecule is C[C@@H](OCc1ccccc1)[C@H](NC(=O)C1(C)CCCCC1NC(=O)OCC1c2ccccc2-c2ccccc21)C(=O)O. The second-order valence-electron chi connectivity index (χ2n) is 11.5. The maximum absolute atomic E-state index is 13.6. The molecule has 0 aromatic heterocycles. The number of hydrogen-bond acceptors (Lipinski definition) is 5. The van der Waals surface area contributed by atoms with Crippen LogP contribution in [0, 0.1) is 5.41 Å². The van der Waals surface area contributed by atoms with E-state index in [-0.39, 0.29) is 19.1 Å². The van der Waals surface area contributed by atoms with Crippen LogP contribution in [0.1, 0.15) is 62.1 Å². The molecule has 2 amide bonds. The van der Waals surface area contributed by atoms with Gasteiger partial charge in [0.25, 0.3) is 0 Å². The highest BCUT2D eigenvalue weighted by Gasteiger charge is 2.46. The Balaban J connectivity index is 1.22. The van der Waals surface area contributed by atoms with Gasteiger partial charge in [-0.2, -0.15) is 0 Å². The van der Waals surface area contributed by atoms with Crippen molar-refractivity contribution in [1.82, 2.24) is 10.6 Å². The van der Waals surface area contributed by atoms with Crippen LogP contribution in [0.15, 0.2) is 78.9 Å². The number of carbonyl (C=O) groups excluding carboxylic acids is 2. The number of hydrogen-bond donors (Lipinski definition) is 3. The van der Waals surface area contributed by atoms with E-state index in [1.54, 1.807) is 13.8 Å². The first kappa shape index (κ1) is 29.3. The molecule has 2 aliphatic rings. The van der Waals surface area contributed by atoms with Crippen molar-refractivity contribution in [1.29, 1.82) is 0 Å². The molecule has 5 rings (SSSR count). The van der Waals surface area contributed by atoms with Crippen LogP contribution >= 0.6 is 0 Å². The molecule has 2 aliphatic carbocycles. The van der Waals surface area contributed by atoms with Crippen LogP contribution in [0.3, 0.4) is 0 Å². The minimum Gasteiger partial charge on any atom is -0.480 e. The first-order valence-corrected chi connectivity index (χ1v) is 14.6. The minimum atomic E-state index is -1.24. The molecular weight excluding hydrogens is 532 g/mol. The normalized spacial score (nSPS) is 21.0. The molecule has 8 heteroatoms. The molecule has 0 aliphatic heterocycles. The second-order valence-corrected chi connectivity index (χ2v) is 11.5. The van der Waals surface area contributed by atoms with E-state index >= 15 is 0 Å². The van der Waals surface area contributed by atoms with Crippen molar-refractivity contribution in [2.75, 3.05) is 6.61 Å². The lowest BCUT2D eigenvalue weighted by molar-refractivity contribution is -0.149. The number of alkyl carbamates (subject to hydrolysis) is 1. The van der Waals surface area contributed by atoms with Crippen molar-refractivity contribution in [3.05, 3.63) is 95.6 Å². The van der Waals surface area contributed by atoms with E-state index < -0.39 is 41.6 Å². The predicted octanol–water partition coefficient (Wildman–Crippen LogP) is 5.65. The molecule has 0 spiro atoms. The molecule has 2 unspecified atom stereocenters. The zero-order valence-corrected chi connectivity index (χ0v) is 24.0. The Morgan fingerprint density at radius 2 is 1.55 bits per heavy atom. The van der Waals surface area contributed by atoms with E-state index in [0.29, 0.717) is 12.8 Å². The van der Waals surface area contributed by atoms with Gasteiger partial charge in [-0.1, -0.05) is 91.7 Å². The van der Waals surface area contributed by atoms with Gasteiger partial charge in [0.1, 0.15) is 6.61 Å². The van der Waals surface area contributed by atoms with Crippen molar-refractivity contribution in [3.63, 3.8) is 0 Å². The zero-order chi connectivity index (χ0) is 29.7. The highest BCUT2D eigenvalue weighted by Crippen LogP contribution is 2.44. The Morgan fingerprint density at radius 3 is 2.19 bits per heavy atom. The van der Waals surface area contributed by atoms with Crippen molar-refractivity contribution in [3.8, 4) is 11.1 Å². The number of benzene rings is 3. The lowest BCUT2D eigenvalue weighted by Gasteiger charge is -2.41. The van der Waals surface area contributed by atoms with Crippen LogP contribution in [0.2, 0.25) is 0 Å². The molecule has 3 N–H and O–H groups in total. The maximum atomic E-state index is 13.6. The molecule has 3 aromatic carbocycles. The van der Waals surface area contributed by atoms with Crippen LogP contribution in [0.5, 0.6) is 0 Å². The van der Waals surface area contributed by atoms with Gasteiger partial charge in [0.15, 0.2) is 6.04 Å². The number of nitrogens with one attached hydrogen (secondary N) is 2. The summed E-state index contributed by atoms with van der Waals surface area (Å²) < 4.78 is 11.6. The Kier molecular flexibility index (Phi) is 8.92. The lowest BCUT2D eigenvalue weighted by atomic mass is 9.71. The third-order valence-electron chi connectivity index (χ3n) is 8.74. The molecule has 220 valence electrons. The molecule has 8 nitrogen and oxygen atoms in total. The van der Waals surface area contributed by atoms with E-state index in [0.717, 1.165) is 40.7 Å². The summed E-state index contributed by atoms with van der Waals surface area (Å²) in [5, 5.41) is 15.6. The Bertz CT molecular complexity index is 1380. The summed E-state index contributed by atoms with van der Waals surface area (Å²) in [6, 6.07) is 24.0. The van der Waals surface area contributed by atoms with Crippen LogP contribution in [-0.4, -0.2) is 47.9 Å². The molecule has 0 heterocycles. The van der Waals surface area contributed by atoms with Gasteiger partial charge < -0.3 is 25.2 Å². The summed E-state index contributed by atoms with van der Waals surface area (Å²) in [6.45, 7) is 3.82. The van der Waals surface area contributed by atoms with Gasteiger partial charge in [-0.15, -0.1) is 0 Å². The average molecular weight is 571 g/mol. The number of ether oxygens (including phenoxy) is 2. The number of carboxylic acid groups (broad SMARTS) is 1. The quantitative estimate of drug-likeness (QED) is 0.290. The molecule has 42 heavy (non-hydrogen) atoms. The summed E-state index contributed by atoms with van der Waals surface area (Å²) in [6.07, 6.45) is 1.38. The van der Waals surface area contributed by atoms with E-state index in [2.05, 4.69) is 34.9 Å². The number of carboxylic acids is 1. The van der Waals surface area contributed by atoms with E-state index in [1.807, 2.05) is 54.6 Å². The zero-order valence-electron chi connectivity index (χ0n) is 24.0. The van der Waals surface area contributed by atoms with Crippen molar-refractivity contribution >= 4 is 18.0 Å². The average Bonchev–Trinajstić information content (AvgIpc) is 3.32. The first-order valence-electron chi connectivity index (χ1n) is 14.6. The van der Waals surface area contributed by atoms with Crippen LogP contribution in [0.25, 0.3) is 11.1 Å². The van der Waals surface area contributed by atoms with Gasteiger partial charge in [0, 0.05) is 12.0 Å².